The number of hydrogen-bond acceptors (Lipinski definition) is 2. The zero-order valence-corrected chi connectivity index (χ0v) is 10.3. The van der Waals surface area contributed by atoms with E-state index in [1.165, 1.54) is 0 Å². The molecule has 0 bridgehead atoms. The molecule has 1 aromatic rings. The molecule has 2 nitrogen and oxygen atoms in total. The van der Waals surface area contributed by atoms with Gasteiger partial charge in [-0.15, -0.1) is 12.4 Å². The molecule has 0 amide bonds. The lowest BCUT2D eigenvalue weighted by Crippen LogP contribution is -2.22. The maximum Gasteiger partial charge on any atom is 0.158 e. The molecule has 0 fully saturated rings. The van der Waals surface area contributed by atoms with Crippen LogP contribution in [-0.4, -0.2) is 6.23 Å². The average molecular weight is 277 g/mol. The first-order valence-electron chi connectivity index (χ1n) is 3.57. The van der Waals surface area contributed by atoms with Gasteiger partial charge < -0.3 is 4.74 Å². The Bertz CT molecular complexity index is 293. The topological polar surface area (TPSA) is 35.2 Å². The summed E-state index contributed by atoms with van der Waals surface area (Å²) in [6.07, 6.45) is -0.462. The van der Waals surface area contributed by atoms with Crippen molar-refractivity contribution < 1.29 is 4.74 Å². The fraction of sp³-hybridized carbons (Fsp3) is 0.250. The molecule has 0 saturated carbocycles. The first-order chi connectivity index (χ1) is 6.00. The van der Waals surface area contributed by atoms with Gasteiger partial charge in [-0.25, -0.2) is 0 Å². The zero-order chi connectivity index (χ0) is 10.0. The van der Waals surface area contributed by atoms with Gasteiger partial charge in [0, 0.05) is 5.02 Å². The third-order valence-corrected chi connectivity index (χ3v) is 2.05. The van der Waals surface area contributed by atoms with Crippen LogP contribution in [0, 0.1) is 0 Å². The molecular formula is C8H9Cl4NO. The second-order valence-corrected chi connectivity index (χ2v) is 3.77. The Morgan fingerprint density at radius 2 is 1.64 bits per heavy atom. The number of ether oxygens (including phenoxy) is 1. The SMILES string of the molecule is CC(N)Oc1c(Cl)cc(Cl)cc1Cl.Cl. The lowest BCUT2D eigenvalue weighted by Gasteiger charge is -2.12. The predicted molar refractivity (Wildman–Crippen MR) is 63.0 cm³/mol. The fourth-order valence-corrected chi connectivity index (χ4v) is 1.73. The van der Waals surface area contributed by atoms with Crippen LogP contribution in [0.3, 0.4) is 0 Å². The Balaban J connectivity index is 0.00000169. The van der Waals surface area contributed by atoms with E-state index < -0.39 is 6.23 Å². The first kappa shape index (κ1) is 14.1. The van der Waals surface area contributed by atoms with Gasteiger partial charge >= 0.3 is 0 Å². The highest BCUT2D eigenvalue weighted by Gasteiger charge is 2.10. The van der Waals surface area contributed by atoms with Crippen LogP contribution in [0.4, 0.5) is 0 Å². The molecule has 6 heteroatoms. The lowest BCUT2D eigenvalue weighted by atomic mass is 10.3. The Labute approximate surface area is 104 Å². The van der Waals surface area contributed by atoms with E-state index in [1.807, 2.05) is 0 Å². The van der Waals surface area contributed by atoms with Crippen molar-refractivity contribution in [2.45, 2.75) is 13.2 Å². The normalized spacial score (nSPS) is 11.8. The van der Waals surface area contributed by atoms with E-state index >= 15 is 0 Å². The summed E-state index contributed by atoms with van der Waals surface area (Å²) in [6, 6.07) is 3.10. The van der Waals surface area contributed by atoms with Crippen LogP contribution >= 0.6 is 47.2 Å². The highest BCUT2D eigenvalue weighted by molar-refractivity contribution is 6.40. The summed E-state index contributed by atoms with van der Waals surface area (Å²) in [5, 5.41) is 1.18. The maximum atomic E-state index is 5.83. The fourth-order valence-electron chi connectivity index (χ4n) is 0.827. The van der Waals surface area contributed by atoms with Gasteiger partial charge in [0.05, 0.1) is 10.0 Å². The van der Waals surface area contributed by atoms with Gasteiger partial charge in [0.25, 0.3) is 0 Å². The van der Waals surface area contributed by atoms with Gasteiger partial charge in [-0.1, -0.05) is 34.8 Å². The Hall–Kier alpha value is 0.140. The molecule has 1 aromatic carbocycles. The van der Waals surface area contributed by atoms with E-state index in [-0.39, 0.29) is 12.4 Å². The molecule has 80 valence electrons. The van der Waals surface area contributed by atoms with E-state index in [1.54, 1.807) is 19.1 Å². The minimum absolute atomic E-state index is 0. The Morgan fingerprint density at radius 1 is 1.21 bits per heavy atom. The minimum atomic E-state index is -0.462. The van der Waals surface area contributed by atoms with E-state index in [2.05, 4.69) is 0 Å². The summed E-state index contributed by atoms with van der Waals surface area (Å²) in [4.78, 5) is 0. The molecular weight excluding hydrogens is 268 g/mol. The number of rotatable bonds is 2. The van der Waals surface area contributed by atoms with Gasteiger partial charge in [0.15, 0.2) is 5.75 Å². The number of hydrogen-bond donors (Lipinski definition) is 1. The van der Waals surface area contributed by atoms with Crippen molar-refractivity contribution >= 4 is 47.2 Å². The standard InChI is InChI=1S/C8H8Cl3NO.ClH/c1-4(12)13-8-6(10)2-5(9)3-7(8)11;/h2-4H,12H2,1H3;1H. The van der Waals surface area contributed by atoms with Crippen molar-refractivity contribution in [3.05, 3.63) is 27.2 Å². The largest absolute Gasteiger partial charge is 0.473 e. The van der Waals surface area contributed by atoms with Gasteiger partial charge in [-0.3, -0.25) is 5.73 Å². The molecule has 2 N–H and O–H groups in total. The first-order valence-corrected chi connectivity index (χ1v) is 4.71. The Kier molecular flexibility index (Phi) is 5.94. The van der Waals surface area contributed by atoms with Crippen LogP contribution < -0.4 is 10.5 Å². The number of halogens is 4. The highest BCUT2D eigenvalue weighted by atomic mass is 35.5. The number of benzene rings is 1. The van der Waals surface area contributed by atoms with Gasteiger partial charge in [0.1, 0.15) is 6.23 Å². The van der Waals surface area contributed by atoms with Crippen LogP contribution in [0.15, 0.2) is 12.1 Å². The third kappa shape index (κ3) is 3.71. The average Bonchev–Trinajstić information content (AvgIpc) is 1.96. The quantitative estimate of drug-likeness (QED) is 0.835. The molecule has 0 aromatic heterocycles. The van der Waals surface area contributed by atoms with E-state index in [0.717, 1.165) is 0 Å². The summed E-state index contributed by atoms with van der Waals surface area (Å²) in [5.41, 5.74) is 5.43. The molecule has 0 radical (unpaired) electrons. The molecule has 1 rings (SSSR count). The smallest absolute Gasteiger partial charge is 0.158 e. The van der Waals surface area contributed by atoms with Crippen LogP contribution in [0.25, 0.3) is 0 Å². The van der Waals surface area contributed by atoms with Crippen LogP contribution in [0.2, 0.25) is 15.1 Å². The molecule has 0 spiro atoms. The second-order valence-electron chi connectivity index (χ2n) is 2.52. The molecule has 0 heterocycles. The monoisotopic (exact) mass is 275 g/mol. The molecule has 0 aliphatic heterocycles. The maximum absolute atomic E-state index is 5.83. The number of nitrogens with two attached hydrogens (primary N) is 1. The summed E-state index contributed by atoms with van der Waals surface area (Å²) < 4.78 is 5.19. The summed E-state index contributed by atoms with van der Waals surface area (Å²) in [6.45, 7) is 1.68. The molecule has 1 unspecified atom stereocenters. The molecule has 0 aliphatic carbocycles. The lowest BCUT2D eigenvalue weighted by molar-refractivity contribution is 0.230. The van der Waals surface area contributed by atoms with Crippen molar-refractivity contribution in [1.29, 1.82) is 0 Å². The van der Waals surface area contributed by atoms with Crippen molar-refractivity contribution in [3.63, 3.8) is 0 Å². The minimum Gasteiger partial charge on any atom is -0.473 e. The van der Waals surface area contributed by atoms with Crippen LogP contribution in [0.5, 0.6) is 5.75 Å². The van der Waals surface area contributed by atoms with Crippen molar-refractivity contribution in [3.8, 4) is 5.75 Å². The molecule has 0 saturated heterocycles. The molecule has 0 aliphatic rings. The van der Waals surface area contributed by atoms with Gasteiger partial charge in [-0.2, -0.15) is 0 Å². The molecule has 1 atom stereocenters. The van der Waals surface area contributed by atoms with Gasteiger partial charge in [0.2, 0.25) is 0 Å². The van der Waals surface area contributed by atoms with E-state index in [0.29, 0.717) is 20.8 Å². The third-order valence-electron chi connectivity index (χ3n) is 1.27. The van der Waals surface area contributed by atoms with Crippen molar-refractivity contribution in [2.24, 2.45) is 5.73 Å². The summed E-state index contributed by atoms with van der Waals surface area (Å²) in [5.74, 6) is 0.364. The van der Waals surface area contributed by atoms with Crippen molar-refractivity contribution in [2.75, 3.05) is 0 Å². The Morgan fingerprint density at radius 3 is 2.00 bits per heavy atom. The van der Waals surface area contributed by atoms with E-state index in [9.17, 15) is 0 Å². The second kappa shape index (κ2) is 5.89. The summed E-state index contributed by atoms with van der Waals surface area (Å²) >= 11 is 17.4. The summed E-state index contributed by atoms with van der Waals surface area (Å²) in [7, 11) is 0. The zero-order valence-electron chi connectivity index (χ0n) is 7.26. The molecule has 14 heavy (non-hydrogen) atoms. The van der Waals surface area contributed by atoms with Crippen molar-refractivity contribution in [1.82, 2.24) is 0 Å². The van der Waals surface area contributed by atoms with E-state index in [4.69, 9.17) is 45.3 Å². The highest BCUT2D eigenvalue weighted by Crippen LogP contribution is 2.35. The van der Waals surface area contributed by atoms with Crippen LogP contribution in [-0.2, 0) is 0 Å². The van der Waals surface area contributed by atoms with Crippen LogP contribution in [0.1, 0.15) is 6.92 Å². The van der Waals surface area contributed by atoms with Gasteiger partial charge in [-0.05, 0) is 19.1 Å². The predicted octanol–water partition coefficient (Wildman–Crippen LogP) is 3.75.